The quantitative estimate of drug-likeness (QED) is 0.0994. The van der Waals surface area contributed by atoms with Crippen LogP contribution in [0.2, 0.25) is 0 Å². The molecular weight excluding hydrogens is 622 g/mol. The minimum Gasteiger partial charge on any atom is -0.488 e. The molecule has 0 bridgehead atoms. The van der Waals surface area contributed by atoms with Crippen LogP contribution in [0, 0.1) is 20.2 Å². The first-order valence-electron chi connectivity index (χ1n) is 12.7. The zero-order valence-corrected chi connectivity index (χ0v) is 23.5. The van der Waals surface area contributed by atoms with Crippen molar-refractivity contribution < 1.29 is 19.0 Å². The first-order valence-corrected chi connectivity index (χ1v) is 13.5. The fourth-order valence-corrected chi connectivity index (χ4v) is 4.77. The molecule has 0 aliphatic rings. The number of fused-ring (bicyclic) bond motifs is 2. The number of halogens is 1. The van der Waals surface area contributed by atoms with E-state index in [1.165, 1.54) is 36.5 Å². The molecule has 6 aromatic rings. The molecule has 6 rings (SSSR count). The molecule has 12 nitrogen and oxygen atoms in total. The lowest BCUT2D eigenvalue weighted by Gasteiger charge is -2.10. The van der Waals surface area contributed by atoms with E-state index in [2.05, 4.69) is 26.0 Å². The van der Waals surface area contributed by atoms with E-state index >= 15 is 0 Å². The molecule has 0 atom stereocenters. The molecule has 212 valence electrons. The molecule has 4 aromatic carbocycles. The Hall–Kier alpha value is -5.69. The Morgan fingerprint density at radius 3 is 2.44 bits per heavy atom. The molecule has 13 heteroatoms. The smallest absolute Gasteiger partial charge is 0.282 e. The van der Waals surface area contributed by atoms with E-state index in [-0.39, 0.29) is 35.1 Å². The molecule has 0 N–H and O–H groups in total. The summed E-state index contributed by atoms with van der Waals surface area (Å²) in [6, 6.07) is 23.8. The van der Waals surface area contributed by atoms with Gasteiger partial charge in [0.05, 0.1) is 27.0 Å². The first kappa shape index (κ1) is 27.5. The average Bonchev–Trinajstić information content (AvgIpc) is 3.43. The number of nitrogens with zero attached hydrogens (tertiary/aromatic N) is 5. The minimum atomic E-state index is -0.556. The second kappa shape index (κ2) is 11.3. The lowest BCUT2D eigenvalue weighted by atomic mass is 10.2. The summed E-state index contributed by atoms with van der Waals surface area (Å²) in [7, 11) is 0. The van der Waals surface area contributed by atoms with Crippen molar-refractivity contribution in [3.05, 3.63) is 137 Å². The predicted molar refractivity (Wildman–Crippen MR) is 162 cm³/mol. The van der Waals surface area contributed by atoms with Gasteiger partial charge >= 0.3 is 0 Å². The van der Waals surface area contributed by atoms with Crippen molar-refractivity contribution in [2.75, 3.05) is 0 Å². The van der Waals surface area contributed by atoms with Gasteiger partial charge in [0.2, 0.25) is 5.82 Å². The van der Waals surface area contributed by atoms with Crippen LogP contribution in [-0.2, 0) is 6.61 Å². The normalized spacial score (nSPS) is 11.4. The van der Waals surface area contributed by atoms with E-state index in [4.69, 9.17) is 9.15 Å². The highest BCUT2D eigenvalue weighted by Crippen LogP contribution is 2.30. The molecule has 2 heterocycles. The largest absolute Gasteiger partial charge is 0.488 e. The molecular formula is C30H18BrN5O7. The maximum Gasteiger partial charge on any atom is 0.282 e. The van der Waals surface area contributed by atoms with Crippen molar-refractivity contribution in [3.8, 4) is 17.3 Å². The highest BCUT2D eigenvalue weighted by Gasteiger charge is 2.18. The van der Waals surface area contributed by atoms with Crippen molar-refractivity contribution in [2.24, 2.45) is 5.10 Å². The van der Waals surface area contributed by atoms with Crippen molar-refractivity contribution in [1.82, 2.24) is 9.66 Å². The molecule has 43 heavy (non-hydrogen) atoms. The number of nitro groups is 2. The van der Waals surface area contributed by atoms with Crippen molar-refractivity contribution in [2.45, 2.75) is 6.61 Å². The van der Waals surface area contributed by atoms with E-state index in [0.717, 1.165) is 14.5 Å². The monoisotopic (exact) mass is 639 g/mol. The number of rotatable bonds is 8. The number of nitro benzene ring substituents is 2. The van der Waals surface area contributed by atoms with Gasteiger partial charge in [-0.05, 0) is 60.2 Å². The van der Waals surface area contributed by atoms with Crippen LogP contribution >= 0.6 is 15.9 Å². The summed E-state index contributed by atoms with van der Waals surface area (Å²) in [6.45, 7) is 0.0217. The molecule has 0 aliphatic carbocycles. The van der Waals surface area contributed by atoms with Gasteiger partial charge in [0, 0.05) is 39.7 Å². The summed E-state index contributed by atoms with van der Waals surface area (Å²) in [5.41, 5.74) is 1.13. The molecule has 0 aliphatic heterocycles. The van der Waals surface area contributed by atoms with Gasteiger partial charge in [-0.3, -0.25) is 25.0 Å². The van der Waals surface area contributed by atoms with Crippen molar-refractivity contribution >= 4 is 55.4 Å². The second-order valence-corrected chi connectivity index (χ2v) is 10.2. The fraction of sp³-hybridized carbons (Fsp3) is 0.0333. The zero-order valence-electron chi connectivity index (χ0n) is 21.9. The van der Waals surface area contributed by atoms with Crippen LogP contribution in [0.25, 0.3) is 33.5 Å². The Balaban J connectivity index is 1.43. The molecule has 0 radical (unpaired) electrons. The number of aromatic nitrogens is 2. The number of benzene rings is 4. The topological polar surface area (TPSA) is 156 Å². The van der Waals surface area contributed by atoms with Gasteiger partial charge in [0.25, 0.3) is 16.9 Å². The number of non-ortho nitro benzene ring substituents is 2. The Labute approximate surface area is 249 Å². The average molecular weight is 640 g/mol. The predicted octanol–water partition coefficient (Wildman–Crippen LogP) is 6.85. The first-order chi connectivity index (χ1) is 20.8. The second-order valence-electron chi connectivity index (χ2n) is 9.30. The summed E-state index contributed by atoms with van der Waals surface area (Å²) >= 11 is 3.44. The van der Waals surface area contributed by atoms with Crippen LogP contribution in [0.15, 0.2) is 110 Å². The Morgan fingerprint density at radius 1 is 0.930 bits per heavy atom. The van der Waals surface area contributed by atoms with Gasteiger partial charge in [-0.1, -0.05) is 28.1 Å². The summed E-state index contributed by atoms with van der Waals surface area (Å²) in [5, 5.41) is 28.0. The molecule has 0 spiro atoms. The third-order valence-corrected chi connectivity index (χ3v) is 7.00. The van der Waals surface area contributed by atoms with E-state index in [9.17, 15) is 25.0 Å². The van der Waals surface area contributed by atoms with Crippen LogP contribution in [0.3, 0.4) is 0 Å². The summed E-state index contributed by atoms with van der Waals surface area (Å²) in [4.78, 5) is 39.7. The molecule has 0 saturated heterocycles. The van der Waals surface area contributed by atoms with E-state index in [1.807, 2.05) is 12.1 Å². The third kappa shape index (κ3) is 5.61. The van der Waals surface area contributed by atoms with E-state index in [1.54, 1.807) is 48.5 Å². The number of hydrogen-bond acceptors (Lipinski definition) is 9. The fourth-order valence-electron chi connectivity index (χ4n) is 4.39. The lowest BCUT2D eigenvalue weighted by Crippen LogP contribution is -2.20. The molecule has 0 saturated carbocycles. The maximum absolute atomic E-state index is 13.6. The van der Waals surface area contributed by atoms with E-state index < -0.39 is 15.4 Å². The Kier molecular flexibility index (Phi) is 7.22. The van der Waals surface area contributed by atoms with Gasteiger partial charge in [-0.15, -0.1) is 0 Å². The van der Waals surface area contributed by atoms with Crippen LogP contribution < -0.4 is 10.3 Å². The number of para-hydroxylation sites is 1. The molecule has 0 amide bonds. The van der Waals surface area contributed by atoms with E-state index in [0.29, 0.717) is 27.8 Å². The van der Waals surface area contributed by atoms with Crippen LogP contribution in [0.4, 0.5) is 11.4 Å². The van der Waals surface area contributed by atoms with Gasteiger partial charge in [-0.2, -0.15) is 9.78 Å². The number of ether oxygens (including phenoxy) is 1. The summed E-state index contributed by atoms with van der Waals surface area (Å²) in [5.74, 6) is 0.664. The van der Waals surface area contributed by atoms with Crippen molar-refractivity contribution in [3.63, 3.8) is 0 Å². The summed E-state index contributed by atoms with van der Waals surface area (Å²) < 4.78 is 13.8. The lowest BCUT2D eigenvalue weighted by molar-refractivity contribution is -0.385. The van der Waals surface area contributed by atoms with Crippen molar-refractivity contribution in [1.29, 1.82) is 0 Å². The van der Waals surface area contributed by atoms with Crippen LogP contribution in [0.5, 0.6) is 5.75 Å². The van der Waals surface area contributed by atoms with Gasteiger partial charge in [-0.25, -0.2) is 4.98 Å². The standard InChI is InChI=1S/C30H18BrN5O7/c31-21-7-11-27-19(13-21)15-28(43-27)29-33-25-4-2-1-3-24(25)30(37)34(29)32-16-20-14-23(36(40)41)10-12-26(20)42-17-18-5-8-22(9-6-18)35(38)39/h1-16H,17H2. The SMILES string of the molecule is O=c1c2ccccc2nc(-c2cc3cc(Br)ccc3o2)n1N=Cc1cc([N+](=O)[O-])ccc1OCc1ccc([N+](=O)[O-])cc1. The Bertz CT molecular complexity index is 2140. The van der Waals surface area contributed by atoms with Crippen LogP contribution in [-0.4, -0.2) is 25.7 Å². The zero-order chi connectivity index (χ0) is 30.1. The molecule has 0 unspecified atom stereocenters. The molecule has 2 aromatic heterocycles. The van der Waals surface area contributed by atoms with Gasteiger partial charge < -0.3 is 9.15 Å². The number of hydrogen-bond donors (Lipinski definition) is 0. The Morgan fingerprint density at radius 2 is 1.67 bits per heavy atom. The number of furan rings is 1. The van der Waals surface area contributed by atoms with Gasteiger partial charge in [0.1, 0.15) is 17.9 Å². The minimum absolute atomic E-state index is 0.0217. The van der Waals surface area contributed by atoms with Gasteiger partial charge in [0.15, 0.2) is 5.76 Å². The summed E-state index contributed by atoms with van der Waals surface area (Å²) in [6.07, 6.45) is 1.28. The highest BCUT2D eigenvalue weighted by molar-refractivity contribution is 9.10. The van der Waals surface area contributed by atoms with Crippen LogP contribution in [0.1, 0.15) is 11.1 Å². The molecule has 0 fully saturated rings. The highest BCUT2D eigenvalue weighted by atomic mass is 79.9. The third-order valence-electron chi connectivity index (χ3n) is 6.51. The maximum atomic E-state index is 13.6.